The van der Waals surface area contributed by atoms with Crippen molar-refractivity contribution in [1.82, 2.24) is 0 Å². The third kappa shape index (κ3) is 8.49. The minimum absolute atomic E-state index is 0.000773. The summed E-state index contributed by atoms with van der Waals surface area (Å²) in [5.74, 6) is -0.116. The predicted molar refractivity (Wildman–Crippen MR) is 360 cm³/mol. The lowest BCUT2D eigenvalue weighted by Crippen LogP contribution is -2.62. The topological polar surface area (TPSA) is 9.72 Å². The number of benzene rings is 9. The highest BCUT2D eigenvalue weighted by atomic mass is 15.2. The van der Waals surface area contributed by atoms with Crippen LogP contribution in [0.15, 0.2) is 188 Å². The van der Waals surface area contributed by atoms with E-state index in [0.29, 0.717) is 0 Å². The molecule has 2 heterocycles. The quantitative estimate of drug-likeness (QED) is 0.140. The summed E-state index contributed by atoms with van der Waals surface area (Å²) >= 11 is 0. The summed E-state index contributed by atoms with van der Waals surface area (Å²) in [6.07, 6.45) is 5.73. The molecule has 0 radical (unpaired) electrons. The van der Waals surface area contributed by atoms with Crippen LogP contribution >= 0.6 is 0 Å². The van der Waals surface area contributed by atoms with Gasteiger partial charge in [-0.1, -0.05) is 192 Å². The Morgan fingerprint density at radius 2 is 0.738 bits per heavy atom. The van der Waals surface area contributed by atoms with Gasteiger partial charge >= 0.3 is 0 Å². The van der Waals surface area contributed by atoms with Gasteiger partial charge in [0.15, 0.2) is 0 Å². The number of anilines is 9. The van der Waals surface area contributed by atoms with E-state index in [-0.39, 0.29) is 45.1 Å². The van der Waals surface area contributed by atoms with Crippen molar-refractivity contribution >= 4 is 74.3 Å². The fourth-order valence-electron chi connectivity index (χ4n) is 16.7. The van der Waals surface area contributed by atoms with E-state index < -0.39 is 0 Å². The summed E-state index contributed by atoms with van der Waals surface area (Å²) in [6.45, 7) is 34.7. The summed E-state index contributed by atoms with van der Waals surface area (Å²) in [6, 6.07) is 73.1. The Labute approximate surface area is 502 Å². The summed E-state index contributed by atoms with van der Waals surface area (Å²) in [4.78, 5) is 7.79. The third-order valence-electron chi connectivity index (χ3n) is 21.3. The third-order valence-corrected chi connectivity index (χ3v) is 21.3. The van der Waals surface area contributed by atoms with E-state index in [1.165, 1.54) is 101 Å². The molecule has 422 valence electrons. The van der Waals surface area contributed by atoms with Gasteiger partial charge in [-0.25, -0.2) is 0 Å². The van der Waals surface area contributed by atoms with Crippen molar-refractivity contribution in [2.24, 2.45) is 0 Å². The minimum atomic E-state index is -0.116. The first kappa shape index (κ1) is 54.4. The van der Waals surface area contributed by atoms with Crippen molar-refractivity contribution in [1.29, 1.82) is 0 Å². The lowest BCUT2D eigenvalue weighted by Gasteiger charge is -2.48. The first-order chi connectivity index (χ1) is 39.9. The van der Waals surface area contributed by atoms with Crippen molar-refractivity contribution in [3.63, 3.8) is 0 Å². The Kier molecular flexibility index (Phi) is 12.3. The molecule has 2 aliphatic heterocycles. The molecule has 9 aromatic rings. The first-order valence-electron chi connectivity index (χ1n) is 31.4. The highest BCUT2D eigenvalue weighted by Gasteiger charge is 2.50. The number of hydrogen-bond acceptors (Lipinski definition) is 3. The van der Waals surface area contributed by atoms with Crippen LogP contribution in [0.2, 0.25) is 0 Å². The van der Waals surface area contributed by atoms with Crippen molar-refractivity contribution < 1.29 is 0 Å². The average Bonchev–Trinajstić information content (AvgIpc) is 0.816. The molecule has 3 nitrogen and oxygen atoms in total. The lowest BCUT2D eigenvalue weighted by atomic mass is 9.30. The monoisotopic (exact) mass is 1100 g/mol. The summed E-state index contributed by atoms with van der Waals surface area (Å²) in [5.41, 5.74) is 30.9. The number of nitrogens with zero attached hydrogens (tertiary/aromatic N) is 3. The molecule has 0 aromatic heterocycles. The Morgan fingerprint density at radius 3 is 1.25 bits per heavy atom. The van der Waals surface area contributed by atoms with Crippen LogP contribution in [0, 0.1) is 13.8 Å². The van der Waals surface area contributed by atoms with Crippen LogP contribution in [0.1, 0.15) is 182 Å². The van der Waals surface area contributed by atoms with E-state index >= 15 is 0 Å². The van der Waals surface area contributed by atoms with Crippen LogP contribution < -0.4 is 31.1 Å². The van der Waals surface area contributed by atoms with Crippen molar-refractivity contribution in [2.45, 2.75) is 167 Å². The Balaban J connectivity index is 1.16. The molecule has 9 aromatic carbocycles. The maximum absolute atomic E-state index is 2.78. The van der Waals surface area contributed by atoms with E-state index in [1.807, 2.05) is 0 Å². The van der Waals surface area contributed by atoms with Crippen LogP contribution in [0.5, 0.6) is 0 Å². The molecule has 14 rings (SSSR count). The summed E-state index contributed by atoms with van der Waals surface area (Å²) in [7, 11) is 0. The van der Waals surface area contributed by atoms with Gasteiger partial charge < -0.3 is 14.7 Å². The average molecular weight is 1100 g/mol. The number of para-hydroxylation sites is 4. The maximum Gasteiger partial charge on any atom is 0.247 e. The Bertz CT molecular complexity index is 4010. The van der Waals surface area contributed by atoms with E-state index in [2.05, 4.69) is 300 Å². The number of fused-ring (bicyclic) bond motifs is 7. The highest BCUT2D eigenvalue weighted by molar-refractivity contribution is 6.99. The largest absolute Gasteiger partial charge is 0.311 e. The zero-order valence-corrected chi connectivity index (χ0v) is 52.4. The fourth-order valence-corrected chi connectivity index (χ4v) is 16.7. The molecule has 1 atom stereocenters. The summed E-state index contributed by atoms with van der Waals surface area (Å²) < 4.78 is 0. The second-order valence-corrected chi connectivity index (χ2v) is 29.9. The molecule has 3 aliphatic carbocycles. The van der Waals surface area contributed by atoms with Gasteiger partial charge in [0.1, 0.15) is 0 Å². The van der Waals surface area contributed by atoms with Gasteiger partial charge in [-0.2, -0.15) is 0 Å². The molecule has 0 saturated heterocycles. The van der Waals surface area contributed by atoms with E-state index in [0.717, 1.165) is 59.8 Å². The van der Waals surface area contributed by atoms with Crippen LogP contribution in [-0.2, 0) is 32.5 Å². The molecule has 0 fully saturated rings. The minimum Gasteiger partial charge on any atom is -0.311 e. The first-order valence-corrected chi connectivity index (χ1v) is 31.4. The van der Waals surface area contributed by atoms with Gasteiger partial charge in [0.2, 0.25) is 6.71 Å². The molecule has 0 N–H and O–H groups in total. The standard InChI is InChI=1S/C80H84BN3/c1-51-41-62-64(76(5,6)38-37-75(62,3)4)46-59(51)73-60-43-57(82(53-27-19-15-20-28-53)54-29-21-16-22-30-54)35-36-68(60)81-69-47-65-66(78(9,10)40-39-77(65,7)8)49-71(69)84(70-48-67-63(42-52(70)2)79(11,12)50-80(67,13)14)72-45-58(44-61(73)74(72)81)83(55-31-23-17-24-32-55)56-33-25-18-26-34-56/h15-36,41-49,73H,37-40,50H2,1-14H3. The number of hydrogen-bond donors (Lipinski definition) is 0. The van der Waals surface area contributed by atoms with E-state index in [1.54, 1.807) is 0 Å². The van der Waals surface area contributed by atoms with Crippen molar-refractivity contribution in [2.75, 3.05) is 14.7 Å². The number of rotatable bonds is 8. The van der Waals surface area contributed by atoms with Crippen LogP contribution in [0.3, 0.4) is 0 Å². The molecule has 0 saturated carbocycles. The Morgan fingerprint density at radius 1 is 0.333 bits per heavy atom. The summed E-state index contributed by atoms with van der Waals surface area (Å²) in [5, 5.41) is 0. The van der Waals surface area contributed by atoms with Crippen LogP contribution in [0.25, 0.3) is 0 Å². The second kappa shape index (κ2) is 19.0. The van der Waals surface area contributed by atoms with Gasteiger partial charge in [-0.3, -0.25) is 0 Å². The molecule has 0 bridgehead atoms. The molecule has 4 heteroatoms. The van der Waals surface area contributed by atoms with Crippen LogP contribution in [-0.4, -0.2) is 6.71 Å². The normalized spacial score (nSPS) is 19.2. The number of aryl methyl sites for hydroxylation is 2. The van der Waals surface area contributed by atoms with Gasteiger partial charge in [0.05, 0.1) is 0 Å². The Hall–Kier alpha value is -7.56. The molecule has 5 aliphatic rings. The van der Waals surface area contributed by atoms with Crippen LogP contribution in [0.4, 0.5) is 51.2 Å². The van der Waals surface area contributed by atoms with Gasteiger partial charge in [0, 0.05) is 57.1 Å². The molecule has 1 unspecified atom stereocenters. The maximum atomic E-state index is 2.78. The molecule has 84 heavy (non-hydrogen) atoms. The predicted octanol–water partition coefficient (Wildman–Crippen LogP) is 19.7. The van der Waals surface area contributed by atoms with E-state index in [9.17, 15) is 0 Å². The van der Waals surface area contributed by atoms with Crippen molar-refractivity contribution in [3.05, 3.63) is 249 Å². The van der Waals surface area contributed by atoms with Gasteiger partial charge in [0.25, 0.3) is 0 Å². The smallest absolute Gasteiger partial charge is 0.247 e. The molecular weight excluding hydrogens is 1010 g/mol. The lowest BCUT2D eigenvalue weighted by molar-refractivity contribution is 0.331. The van der Waals surface area contributed by atoms with Gasteiger partial charge in [-0.15, -0.1) is 0 Å². The van der Waals surface area contributed by atoms with E-state index in [4.69, 9.17) is 0 Å². The van der Waals surface area contributed by atoms with Crippen molar-refractivity contribution in [3.8, 4) is 0 Å². The molecular formula is C80H84BN3. The highest BCUT2D eigenvalue weighted by Crippen LogP contribution is 2.56. The second-order valence-electron chi connectivity index (χ2n) is 29.9. The zero-order valence-electron chi connectivity index (χ0n) is 52.4. The SMILES string of the molecule is Cc1cc2c(cc1C1c3cc(N(c4ccccc4)c4ccccc4)ccc3B3c4cc5c(cc4N(c4cc6c(cc4C)C(C)(C)CC6(C)C)c4cc(N(c6ccccc6)c6ccccc6)cc1c43)C(C)(C)CCC5(C)C)C(C)(C)CCC2(C)C. The molecule has 0 spiro atoms. The van der Waals surface area contributed by atoms with Gasteiger partial charge in [-0.05, 0) is 235 Å². The molecule has 0 amide bonds. The fraction of sp³-hybridized carbons (Fsp3) is 0.325. The zero-order chi connectivity index (χ0) is 58.6.